The normalized spacial score (nSPS) is 18.3. The monoisotopic (exact) mass is 769 g/mol. The van der Waals surface area contributed by atoms with Gasteiger partial charge < -0.3 is 28.4 Å². The van der Waals surface area contributed by atoms with Crippen LogP contribution in [0.15, 0.2) is 48.8 Å². The van der Waals surface area contributed by atoms with Gasteiger partial charge in [-0.15, -0.1) is 0 Å². The van der Waals surface area contributed by atoms with E-state index in [1.54, 1.807) is 12.4 Å². The lowest BCUT2D eigenvalue weighted by molar-refractivity contribution is 0.0749. The van der Waals surface area contributed by atoms with Crippen molar-refractivity contribution in [2.24, 2.45) is 5.92 Å². The third-order valence-electron chi connectivity index (χ3n) is 10.5. The van der Waals surface area contributed by atoms with E-state index in [0.717, 1.165) is 104 Å². The maximum Gasteiger partial charge on any atom is 0.257 e. The van der Waals surface area contributed by atoms with Crippen LogP contribution in [0.2, 0.25) is 0 Å². The molecule has 13 heteroatoms. The summed E-state index contributed by atoms with van der Waals surface area (Å²) in [5, 5.41) is 0. The van der Waals surface area contributed by atoms with Crippen molar-refractivity contribution in [3.63, 3.8) is 0 Å². The second-order valence-corrected chi connectivity index (χ2v) is 14.6. The molecule has 0 saturated carbocycles. The van der Waals surface area contributed by atoms with E-state index in [1.807, 2.05) is 65.0 Å². The molecular formula is C43H59N7O6. The number of aryl methyl sites for hydroxylation is 3. The van der Waals surface area contributed by atoms with Crippen molar-refractivity contribution < 1.29 is 28.4 Å². The molecule has 8 rings (SSSR count). The predicted octanol–water partition coefficient (Wildman–Crippen LogP) is 7.30. The minimum atomic E-state index is 0.183. The average Bonchev–Trinajstić information content (AvgIpc) is 3.23. The van der Waals surface area contributed by atoms with E-state index in [-0.39, 0.29) is 18.2 Å². The van der Waals surface area contributed by atoms with Gasteiger partial charge in [0.25, 0.3) is 11.8 Å². The molecule has 8 heterocycles. The van der Waals surface area contributed by atoms with E-state index in [4.69, 9.17) is 28.4 Å². The molecule has 0 aromatic carbocycles. The Bertz CT molecular complexity index is 1830. The lowest BCUT2D eigenvalue weighted by Crippen LogP contribution is -2.40. The van der Waals surface area contributed by atoms with Gasteiger partial charge >= 0.3 is 0 Å². The fourth-order valence-electron chi connectivity index (χ4n) is 7.38. The summed E-state index contributed by atoms with van der Waals surface area (Å²) >= 11 is 0. The molecule has 0 aliphatic carbocycles. The first-order valence-corrected chi connectivity index (χ1v) is 20.3. The maximum absolute atomic E-state index is 6.05. The molecule has 4 aromatic rings. The zero-order valence-electron chi connectivity index (χ0n) is 34.2. The number of nitrogens with zero attached hydrogens (tertiary/aromatic N) is 7. The van der Waals surface area contributed by atoms with Crippen molar-refractivity contribution in [3.8, 4) is 34.9 Å². The molecule has 0 radical (unpaired) electrons. The highest BCUT2D eigenvalue weighted by molar-refractivity contribution is 5.37. The topological polar surface area (TPSA) is 126 Å². The van der Waals surface area contributed by atoms with Crippen LogP contribution in [-0.2, 0) is 0 Å². The lowest BCUT2D eigenvalue weighted by Gasteiger charge is -2.35. The van der Waals surface area contributed by atoms with Crippen LogP contribution in [0.1, 0.15) is 93.9 Å². The number of hydrogen-bond acceptors (Lipinski definition) is 13. The van der Waals surface area contributed by atoms with E-state index >= 15 is 0 Å². The molecule has 2 atom stereocenters. The minimum absolute atomic E-state index is 0.183. The zero-order chi connectivity index (χ0) is 39.4. The molecule has 2 saturated heterocycles. The van der Waals surface area contributed by atoms with Crippen LogP contribution in [0.4, 0.5) is 0 Å². The Balaban J connectivity index is 0.000000182. The molecule has 56 heavy (non-hydrogen) atoms. The Morgan fingerprint density at radius 3 is 1.70 bits per heavy atom. The molecular weight excluding hydrogens is 711 g/mol. The van der Waals surface area contributed by atoms with Crippen LogP contribution < -0.4 is 28.4 Å². The number of pyridine rings is 3. The van der Waals surface area contributed by atoms with Crippen LogP contribution in [-0.4, -0.2) is 100 Å². The van der Waals surface area contributed by atoms with Crippen molar-refractivity contribution in [2.75, 3.05) is 59.2 Å². The molecule has 13 nitrogen and oxygen atoms in total. The van der Waals surface area contributed by atoms with Crippen molar-refractivity contribution >= 4 is 0 Å². The smallest absolute Gasteiger partial charge is 0.257 e. The number of likely N-dealkylation sites (tertiary alicyclic amines) is 2. The number of aromatic nitrogens is 5. The van der Waals surface area contributed by atoms with E-state index in [1.165, 1.54) is 0 Å². The number of ether oxygens (including phenoxy) is 6. The molecule has 4 aromatic heterocycles. The minimum Gasteiger partial charge on any atom is -0.493 e. The average molecular weight is 770 g/mol. The highest BCUT2D eigenvalue weighted by atomic mass is 16.6. The molecule has 4 aliphatic heterocycles. The molecule has 0 N–H and O–H groups in total. The largest absolute Gasteiger partial charge is 0.493 e. The first-order valence-electron chi connectivity index (χ1n) is 20.3. The van der Waals surface area contributed by atoms with Gasteiger partial charge in [0.1, 0.15) is 38.3 Å². The Kier molecular flexibility index (Phi) is 14.5. The summed E-state index contributed by atoms with van der Waals surface area (Å²) in [5.74, 6) is 4.86. The maximum atomic E-state index is 6.05. The number of fused-ring (bicyclic) bond motifs is 2. The summed E-state index contributed by atoms with van der Waals surface area (Å²) in [6, 6.07) is 12.5. The van der Waals surface area contributed by atoms with E-state index in [2.05, 4.69) is 54.6 Å². The van der Waals surface area contributed by atoms with Gasteiger partial charge in [0, 0.05) is 54.9 Å². The van der Waals surface area contributed by atoms with Crippen molar-refractivity contribution in [1.82, 2.24) is 34.7 Å². The molecule has 302 valence electrons. The van der Waals surface area contributed by atoms with Gasteiger partial charge in [-0.25, -0.2) is 15.0 Å². The van der Waals surface area contributed by atoms with E-state index in [0.29, 0.717) is 50.0 Å². The van der Waals surface area contributed by atoms with Crippen LogP contribution in [0.3, 0.4) is 0 Å². The van der Waals surface area contributed by atoms with Gasteiger partial charge in [0.2, 0.25) is 5.88 Å². The van der Waals surface area contributed by atoms with Crippen LogP contribution >= 0.6 is 0 Å². The number of hydrogen-bond donors (Lipinski definition) is 0. The summed E-state index contributed by atoms with van der Waals surface area (Å²) in [7, 11) is 0. The molecule has 2 fully saturated rings. The van der Waals surface area contributed by atoms with Gasteiger partial charge in [-0.2, -0.15) is 0 Å². The quantitative estimate of drug-likeness (QED) is 0.169. The fraction of sp³-hybridized carbons (Fsp3) is 0.558. The fourth-order valence-corrected chi connectivity index (χ4v) is 7.38. The molecule has 0 spiro atoms. The first kappa shape index (κ1) is 40.9. The van der Waals surface area contributed by atoms with Gasteiger partial charge in [-0.3, -0.25) is 19.8 Å². The summed E-state index contributed by atoms with van der Waals surface area (Å²) < 4.78 is 34.4. The molecule has 2 unspecified atom stereocenters. The third kappa shape index (κ3) is 11.0. The first-order chi connectivity index (χ1) is 27.3. The van der Waals surface area contributed by atoms with Crippen LogP contribution in [0, 0.1) is 26.7 Å². The second kappa shape index (κ2) is 19.9. The summed E-state index contributed by atoms with van der Waals surface area (Å²) in [6.07, 6.45) is 7.80. The zero-order valence-corrected chi connectivity index (χ0v) is 34.2. The molecule has 0 amide bonds. The van der Waals surface area contributed by atoms with Gasteiger partial charge in [0.05, 0.1) is 29.9 Å². The Morgan fingerprint density at radius 2 is 1.16 bits per heavy atom. The van der Waals surface area contributed by atoms with Crippen LogP contribution in [0.5, 0.6) is 34.9 Å². The predicted molar refractivity (Wildman–Crippen MR) is 214 cm³/mol. The molecule has 0 bridgehead atoms. The second-order valence-electron chi connectivity index (χ2n) is 14.6. The van der Waals surface area contributed by atoms with Gasteiger partial charge in [0.15, 0.2) is 11.5 Å². The summed E-state index contributed by atoms with van der Waals surface area (Å²) in [5.41, 5.74) is 4.94. The lowest BCUT2D eigenvalue weighted by atomic mass is 9.96. The number of piperidine rings is 2. The Labute approximate surface area is 332 Å². The summed E-state index contributed by atoms with van der Waals surface area (Å²) in [4.78, 5) is 27.2. The molecule has 4 aliphatic rings. The Hall–Kier alpha value is -4.75. The standard InChI is InChI=1S/C22H29N3O3.C19H24N4O3.C2H6/c1-15-12-19(13-16(2)23-15)28-14-18-6-8-25(9-7-18)17(3)20-4-5-21-22(24-20)27-11-10-26-21;1-13-11-20-12-18(21-13)26-15-5-7-23(8-6-15)14(2)16-3-4-17-19(22-16)25-10-9-24-17;1-2/h4-5,12-13,17-18H,6-11,14H2,1-3H3;3-4,11-12,14-15H,5-10H2,1-2H3;1-2H3. The highest BCUT2D eigenvalue weighted by Gasteiger charge is 2.28. The van der Waals surface area contributed by atoms with E-state index < -0.39 is 0 Å². The van der Waals surface area contributed by atoms with Crippen molar-refractivity contribution in [3.05, 3.63) is 77.3 Å². The third-order valence-corrected chi connectivity index (χ3v) is 10.5. The van der Waals surface area contributed by atoms with Crippen LogP contribution in [0.25, 0.3) is 0 Å². The van der Waals surface area contributed by atoms with Crippen molar-refractivity contribution in [2.45, 2.75) is 92.3 Å². The highest BCUT2D eigenvalue weighted by Crippen LogP contribution is 2.34. The number of rotatable bonds is 9. The van der Waals surface area contributed by atoms with Gasteiger partial charge in [-0.1, -0.05) is 13.8 Å². The Morgan fingerprint density at radius 1 is 0.643 bits per heavy atom. The van der Waals surface area contributed by atoms with Crippen molar-refractivity contribution in [1.29, 1.82) is 0 Å². The summed E-state index contributed by atoms with van der Waals surface area (Å²) in [6.45, 7) is 21.4. The van der Waals surface area contributed by atoms with E-state index in [9.17, 15) is 0 Å². The SMILES string of the molecule is CC.Cc1cc(OCC2CCN(C(C)c3ccc4c(n3)OCCO4)CC2)cc(C)n1.Cc1cncc(OC2CCN(C(C)c3ccc4c(n3)OCCO4)CC2)n1. The van der Waals surface area contributed by atoms with Gasteiger partial charge in [-0.05, 0) is 104 Å².